The van der Waals surface area contributed by atoms with Gasteiger partial charge in [-0.05, 0) is 43.5 Å². The number of ether oxygens (including phenoxy) is 1. The lowest BCUT2D eigenvalue weighted by atomic mass is 10.1. The van der Waals surface area contributed by atoms with Gasteiger partial charge in [-0.25, -0.2) is 4.79 Å². The highest BCUT2D eigenvalue weighted by Gasteiger charge is 2.34. The third-order valence-electron chi connectivity index (χ3n) is 3.67. The second kappa shape index (κ2) is 7.11. The van der Waals surface area contributed by atoms with Gasteiger partial charge in [0.15, 0.2) is 0 Å². The van der Waals surface area contributed by atoms with Crippen LogP contribution in [0, 0.1) is 0 Å². The molecule has 1 aliphatic rings. The minimum Gasteiger partial charge on any atom is -0.494 e. The summed E-state index contributed by atoms with van der Waals surface area (Å²) in [5, 5.41) is 9.13. The summed E-state index contributed by atoms with van der Waals surface area (Å²) < 4.78 is 5.55. The molecule has 5 heteroatoms. The quantitative estimate of drug-likeness (QED) is 0.818. The van der Waals surface area contributed by atoms with Crippen LogP contribution in [0.5, 0.6) is 5.75 Å². The normalized spacial score (nSPS) is 17.8. The van der Waals surface area contributed by atoms with Crippen LogP contribution in [0.15, 0.2) is 24.3 Å². The monoisotopic (exact) mass is 291 g/mol. The molecule has 0 aromatic heterocycles. The Bertz CT molecular complexity index is 498. The summed E-state index contributed by atoms with van der Waals surface area (Å²) in [6.45, 7) is 3.27. The molecule has 0 unspecified atom stereocenters. The minimum absolute atomic E-state index is 0.222. The SMILES string of the molecule is CCCCOc1ccc(C(=O)N2CCC[C@@H]2C(=O)O)cc1. The molecule has 0 radical (unpaired) electrons. The number of aliphatic carboxylic acids is 1. The molecule has 0 aliphatic carbocycles. The van der Waals surface area contributed by atoms with Crippen LogP contribution in [0.25, 0.3) is 0 Å². The first kappa shape index (κ1) is 15.4. The molecular formula is C16H21NO4. The van der Waals surface area contributed by atoms with Crippen molar-refractivity contribution in [3.63, 3.8) is 0 Å². The van der Waals surface area contributed by atoms with Crippen LogP contribution < -0.4 is 4.74 Å². The predicted molar refractivity (Wildman–Crippen MR) is 78.5 cm³/mol. The molecule has 0 bridgehead atoms. The van der Waals surface area contributed by atoms with Gasteiger partial charge in [-0.15, -0.1) is 0 Å². The van der Waals surface area contributed by atoms with Crippen molar-refractivity contribution in [1.82, 2.24) is 4.90 Å². The minimum atomic E-state index is -0.930. The van der Waals surface area contributed by atoms with Crippen molar-refractivity contribution in [2.75, 3.05) is 13.2 Å². The van der Waals surface area contributed by atoms with Crippen LogP contribution in [0.3, 0.4) is 0 Å². The fourth-order valence-corrected chi connectivity index (χ4v) is 2.46. The van der Waals surface area contributed by atoms with E-state index in [0.717, 1.165) is 25.0 Å². The third-order valence-corrected chi connectivity index (χ3v) is 3.67. The van der Waals surface area contributed by atoms with Crippen LogP contribution in [0.4, 0.5) is 0 Å². The molecule has 1 N–H and O–H groups in total. The zero-order chi connectivity index (χ0) is 15.2. The molecule has 0 spiro atoms. The Hall–Kier alpha value is -2.04. The molecule has 1 amide bonds. The van der Waals surface area contributed by atoms with Gasteiger partial charge in [0.2, 0.25) is 0 Å². The number of unbranched alkanes of at least 4 members (excludes halogenated alkanes) is 1. The summed E-state index contributed by atoms with van der Waals surface area (Å²) in [4.78, 5) is 24.9. The Morgan fingerprint density at radius 2 is 2.05 bits per heavy atom. The maximum absolute atomic E-state index is 12.4. The lowest BCUT2D eigenvalue weighted by Gasteiger charge is -2.21. The number of carbonyl (C=O) groups is 2. The molecule has 1 aromatic carbocycles. The summed E-state index contributed by atoms with van der Waals surface area (Å²) in [6.07, 6.45) is 3.33. The van der Waals surface area contributed by atoms with Crippen molar-refractivity contribution >= 4 is 11.9 Å². The van der Waals surface area contributed by atoms with Gasteiger partial charge >= 0.3 is 5.97 Å². The molecule has 21 heavy (non-hydrogen) atoms. The van der Waals surface area contributed by atoms with E-state index in [1.54, 1.807) is 24.3 Å². The van der Waals surface area contributed by atoms with Crippen LogP contribution in [0.2, 0.25) is 0 Å². The maximum Gasteiger partial charge on any atom is 0.326 e. The standard InChI is InChI=1S/C16H21NO4/c1-2-3-11-21-13-8-6-12(7-9-13)15(18)17-10-4-5-14(17)16(19)20/h6-9,14H,2-5,10-11H2,1H3,(H,19,20)/t14-/m1/s1. The molecule has 0 saturated carbocycles. The highest BCUT2D eigenvalue weighted by atomic mass is 16.5. The smallest absolute Gasteiger partial charge is 0.326 e. The Kier molecular flexibility index (Phi) is 5.20. The molecular weight excluding hydrogens is 270 g/mol. The van der Waals surface area contributed by atoms with E-state index >= 15 is 0 Å². The topological polar surface area (TPSA) is 66.8 Å². The Morgan fingerprint density at radius 3 is 2.67 bits per heavy atom. The van der Waals surface area contributed by atoms with E-state index in [4.69, 9.17) is 9.84 Å². The molecule has 114 valence electrons. The molecule has 1 aromatic rings. The van der Waals surface area contributed by atoms with Crippen molar-refractivity contribution in [3.8, 4) is 5.75 Å². The van der Waals surface area contributed by atoms with Crippen molar-refractivity contribution in [1.29, 1.82) is 0 Å². The van der Waals surface area contributed by atoms with E-state index in [1.165, 1.54) is 4.90 Å². The van der Waals surface area contributed by atoms with Gasteiger partial charge < -0.3 is 14.7 Å². The highest BCUT2D eigenvalue weighted by molar-refractivity contribution is 5.97. The number of likely N-dealkylation sites (tertiary alicyclic amines) is 1. The number of nitrogens with zero attached hydrogens (tertiary/aromatic N) is 1. The first-order valence-electron chi connectivity index (χ1n) is 7.40. The van der Waals surface area contributed by atoms with Crippen LogP contribution in [-0.4, -0.2) is 41.1 Å². The molecule has 1 saturated heterocycles. The van der Waals surface area contributed by atoms with Gasteiger partial charge in [-0.2, -0.15) is 0 Å². The number of benzene rings is 1. The average Bonchev–Trinajstić information content (AvgIpc) is 2.97. The molecule has 1 aliphatic heterocycles. The van der Waals surface area contributed by atoms with E-state index < -0.39 is 12.0 Å². The van der Waals surface area contributed by atoms with Crippen molar-refractivity contribution in [2.24, 2.45) is 0 Å². The molecule has 1 fully saturated rings. The number of amides is 1. The van der Waals surface area contributed by atoms with E-state index in [2.05, 4.69) is 6.92 Å². The maximum atomic E-state index is 12.4. The lowest BCUT2D eigenvalue weighted by Crippen LogP contribution is -2.40. The predicted octanol–water partition coefficient (Wildman–Crippen LogP) is 2.55. The van der Waals surface area contributed by atoms with Gasteiger partial charge in [0.25, 0.3) is 5.91 Å². The van der Waals surface area contributed by atoms with Gasteiger partial charge in [0, 0.05) is 12.1 Å². The Balaban J connectivity index is 2.01. The first-order valence-corrected chi connectivity index (χ1v) is 7.40. The molecule has 1 atom stereocenters. The summed E-state index contributed by atoms with van der Waals surface area (Å²) in [5.74, 6) is -0.420. The van der Waals surface area contributed by atoms with Crippen molar-refractivity contribution in [3.05, 3.63) is 29.8 Å². The van der Waals surface area contributed by atoms with Crippen molar-refractivity contribution in [2.45, 2.75) is 38.6 Å². The number of hydrogen-bond donors (Lipinski definition) is 1. The van der Waals surface area contributed by atoms with Gasteiger partial charge in [0.1, 0.15) is 11.8 Å². The van der Waals surface area contributed by atoms with Gasteiger partial charge in [-0.1, -0.05) is 13.3 Å². The largest absolute Gasteiger partial charge is 0.494 e. The third kappa shape index (κ3) is 3.74. The zero-order valence-electron chi connectivity index (χ0n) is 12.2. The van der Waals surface area contributed by atoms with Gasteiger partial charge in [0.05, 0.1) is 6.61 Å². The number of carboxylic acid groups (broad SMARTS) is 1. The first-order chi connectivity index (χ1) is 10.1. The fraction of sp³-hybridized carbons (Fsp3) is 0.500. The zero-order valence-corrected chi connectivity index (χ0v) is 12.2. The molecule has 2 rings (SSSR count). The Morgan fingerprint density at radius 1 is 1.33 bits per heavy atom. The van der Waals surface area contributed by atoms with Crippen LogP contribution >= 0.6 is 0 Å². The van der Waals surface area contributed by atoms with Crippen molar-refractivity contribution < 1.29 is 19.4 Å². The summed E-state index contributed by atoms with van der Waals surface area (Å²) >= 11 is 0. The fourth-order valence-electron chi connectivity index (χ4n) is 2.46. The summed E-state index contributed by atoms with van der Waals surface area (Å²) in [5.41, 5.74) is 0.506. The molecule has 1 heterocycles. The van der Waals surface area contributed by atoms with E-state index in [0.29, 0.717) is 25.1 Å². The van der Waals surface area contributed by atoms with Gasteiger partial charge in [-0.3, -0.25) is 4.79 Å². The van der Waals surface area contributed by atoms with E-state index in [-0.39, 0.29) is 5.91 Å². The van der Waals surface area contributed by atoms with Crippen LogP contribution in [0.1, 0.15) is 43.0 Å². The number of hydrogen-bond acceptors (Lipinski definition) is 3. The van der Waals surface area contributed by atoms with E-state index in [1.807, 2.05) is 0 Å². The number of rotatable bonds is 6. The molecule has 5 nitrogen and oxygen atoms in total. The average molecular weight is 291 g/mol. The summed E-state index contributed by atoms with van der Waals surface area (Å²) in [6, 6.07) is 6.21. The highest BCUT2D eigenvalue weighted by Crippen LogP contribution is 2.21. The van der Waals surface area contributed by atoms with Crippen LogP contribution in [-0.2, 0) is 4.79 Å². The Labute approximate surface area is 124 Å². The summed E-state index contributed by atoms with van der Waals surface area (Å²) in [7, 11) is 0. The van der Waals surface area contributed by atoms with E-state index in [9.17, 15) is 9.59 Å². The lowest BCUT2D eigenvalue weighted by molar-refractivity contribution is -0.141. The number of carbonyl (C=O) groups excluding carboxylic acids is 1. The second-order valence-corrected chi connectivity index (χ2v) is 5.22. The second-order valence-electron chi connectivity index (χ2n) is 5.22. The number of carboxylic acids is 1.